The second kappa shape index (κ2) is 7.79. The van der Waals surface area contributed by atoms with Crippen LogP contribution in [0.2, 0.25) is 0 Å². The third-order valence-electron chi connectivity index (χ3n) is 2.48. The molecule has 0 unspecified atom stereocenters. The van der Waals surface area contributed by atoms with E-state index >= 15 is 0 Å². The van der Waals surface area contributed by atoms with Gasteiger partial charge in [0.05, 0.1) is 0 Å². The number of ether oxygens (including phenoxy) is 1. The van der Waals surface area contributed by atoms with Gasteiger partial charge < -0.3 is 15.4 Å². The Morgan fingerprint density at radius 2 is 1.84 bits per heavy atom. The summed E-state index contributed by atoms with van der Waals surface area (Å²) in [6, 6.07) is 8.32. The first-order valence-corrected chi connectivity index (χ1v) is 6.72. The standard InChI is InChI=1S/C15H24N2O2/c1-11(2)16-9-13-7-5-6-8-14(13)19-10-15(18)17-12(3)4/h5-8,11-12,16H,9-10H2,1-4H3,(H,17,18). The number of nitrogens with one attached hydrogen (secondary N) is 2. The number of benzene rings is 1. The van der Waals surface area contributed by atoms with Gasteiger partial charge in [0.15, 0.2) is 6.61 Å². The second-order valence-corrected chi connectivity index (χ2v) is 5.15. The number of para-hydroxylation sites is 1. The molecule has 2 N–H and O–H groups in total. The van der Waals surface area contributed by atoms with Crippen LogP contribution < -0.4 is 15.4 Å². The Kier molecular flexibility index (Phi) is 6.36. The van der Waals surface area contributed by atoms with E-state index in [1.807, 2.05) is 38.1 Å². The van der Waals surface area contributed by atoms with Gasteiger partial charge in [-0.3, -0.25) is 4.79 Å². The zero-order valence-electron chi connectivity index (χ0n) is 12.2. The van der Waals surface area contributed by atoms with Crippen LogP contribution in [0.25, 0.3) is 0 Å². The number of amides is 1. The third kappa shape index (κ3) is 6.25. The minimum Gasteiger partial charge on any atom is -0.483 e. The van der Waals surface area contributed by atoms with Gasteiger partial charge in [0, 0.05) is 24.2 Å². The van der Waals surface area contributed by atoms with Crippen molar-refractivity contribution in [2.75, 3.05) is 6.61 Å². The van der Waals surface area contributed by atoms with Gasteiger partial charge in [0.1, 0.15) is 5.75 Å². The van der Waals surface area contributed by atoms with Crippen molar-refractivity contribution >= 4 is 5.91 Å². The highest BCUT2D eigenvalue weighted by Gasteiger charge is 2.07. The summed E-state index contributed by atoms with van der Waals surface area (Å²) in [7, 11) is 0. The highest BCUT2D eigenvalue weighted by molar-refractivity contribution is 5.77. The Labute approximate surface area is 115 Å². The van der Waals surface area contributed by atoms with E-state index in [9.17, 15) is 4.79 Å². The smallest absolute Gasteiger partial charge is 0.258 e. The maximum atomic E-state index is 11.6. The summed E-state index contributed by atoms with van der Waals surface area (Å²) in [5.41, 5.74) is 1.06. The molecule has 0 saturated heterocycles. The Morgan fingerprint density at radius 1 is 1.16 bits per heavy atom. The van der Waals surface area contributed by atoms with Crippen molar-refractivity contribution in [2.45, 2.75) is 46.3 Å². The normalized spacial score (nSPS) is 10.8. The summed E-state index contributed by atoms with van der Waals surface area (Å²) in [4.78, 5) is 11.6. The number of rotatable bonds is 7. The molecule has 1 rings (SSSR count). The van der Waals surface area contributed by atoms with E-state index < -0.39 is 0 Å². The van der Waals surface area contributed by atoms with Gasteiger partial charge in [-0.15, -0.1) is 0 Å². The summed E-state index contributed by atoms with van der Waals surface area (Å²) < 4.78 is 5.58. The van der Waals surface area contributed by atoms with Crippen LogP contribution in [0, 0.1) is 0 Å². The van der Waals surface area contributed by atoms with Gasteiger partial charge in [0.25, 0.3) is 5.91 Å². The highest BCUT2D eigenvalue weighted by atomic mass is 16.5. The van der Waals surface area contributed by atoms with Crippen molar-refractivity contribution in [2.24, 2.45) is 0 Å². The lowest BCUT2D eigenvalue weighted by molar-refractivity contribution is -0.123. The van der Waals surface area contributed by atoms with Gasteiger partial charge in [-0.1, -0.05) is 32.0 Å². The van der Waals surface area contributed by atoms with Crippen molar-refractivity contribution in [1.82, 2.24) is 10.6 Å². The fourth-order valence-electron chi connectivity index (χ4n) is 1.61. The van der Waals surface area contributed by atoms with Crippen LogP contribution in [0.15, 0.2) is 24.3 Å². The highest BCUT2D eigenvalue weighted by Crippen LogP contribution is 2.17. The predicted molar refractivity (Wildman–Crippen MR) is 77.2 cm³/mol. The van der Waals surface area contributed by atoms with Crippen LogP contribution in [-0.2, 0) is 11.3 Å². The van der Waals surface area contributed by atoms with Gasteiger partial charge in [-0.25, -0.2) is 0 Å². The molecular weight excluding hydrogens is 240 g/mol. The first-order valence-electron chi connectivity index (χ1n) is 6.72. The van der Waals surface area contributed by atoms with Crippen molar-refractivity contribution < 1.29 is 9.53 Å². The Hall–Kier alpha value is -1.55. The number of hydrogen-bond donors (Lipinski definition) is 2. The summed E-state index contributed by atoms with van der Waals surface area (Å²) >= 11 is 0. The van der Waals surface area contributed by atoms with Crippen LogP contribution in [0.3, 0.4) is 0 Å². The molecule has 4 heteroatoms. The fourth-order valence-corrected chi connectivity index (χ4v) is 1.61. The molecule has 0 spiro atoms. The van der Waals surface area contributed by atoms with Gasteiger partial charge in [0.2, 0.25) is 0 Å². The Balaban J connectivity index is 2.55. The lowest BCUT2D eigenvalue weighted by Gasteiger charge is -2.14. The third-order valence-corrected chi connectivity index (χ3v) is 2.48. The van der Waals surface area contributed by atoms with E-state index in [0.717, 1.165) is 17.9 Å². The molecule has 1 amide bonds. The number of carbonyl (C=O) groups excluding carboxylic acids is 1. The first-order chi connectivity index (χ1) is 8.99. The minimum atomic E-state index is -0.0957. The molecule has 0 fully saturated rings. The molecule has 0 aromatic heterocycles. The van der Waals surface area contributed by atoms with Crippen molar-refractivity contribution in [1.29, 1.82) is 0 Å². The zero-order chi connectivity index (χ0) is 14.3. The summed E-state index contributed by atoms with van der Waals surface area (Å²) in [5.74, 6) is 0.663. The number of hydrogen-bond acceptors (Lipinski definition) is 3. The molecule has 19 heavy (non-hydrogen) atoms. The molecule has 0 aliphatic carbocycles. The van der Waals surface area contributed by atoms with Crippen LogP contribution in [0.5, 0.6) is 5.75 Å². The monoisotopic (exact) mass is 264 g/mol. The predicted octanol–water partition coefficient (Wildman–Crippen LogP) is 2.09. The fraction of sp³-hybridized carbons (Fsp3) is 0.533. The number of carbonyl (C=O) groups is 1. The molecular formula is C15H24N2O2. The van der Waals surface area contributed by atoms with Gasteiger partial charge in [-0.05, 0) is 19.9 Å². The average molecular weight is 264 g/mol. The van der Waals surface area contributed by atoms with E-state index in [1.54, 1.807) is 0 Å². The molecule has 0 atom stereocenters. The second-order valence-electron chi connectivity index (χ2n) is 5.15. The van der Waals surface area contributed by atoms with E-state index in [-0.39, 0.29) is 18.6 Å². The molecule has 0 aliphatic rings. The minimum absolute atomic E-state index is 0.0525. The van der Waals surface area contributed by atoms with E-state index in [4.69, 9.17) is 4.74 Å². The molecule has 4 nitrogen and oxygen atoms in total. The lowest BCUT2D eigenvalue weighted by Crippen LogP contribution is -2.34. The summed E-state index contributed by atoms with van der Waals surface area (Å²) in [6.07, 6.45) is 0. The van der Waals surface area contributed by atoms with Gasteiger partial charge in [-0.2, -0.15) is 0 Å². The van der Waals surface area contributed by atoms with E-state index in [2.05, 4.69) is 24.5 Å². The zero-order valence-corrected chi connectivity index (χ0v) is 12.2. The first kappa shape index (κ1) is 15.5. The lowest BCUT2D eigenvalue weighted by atomic mass is 10.2. The summed E-state index contributed by atoms with van der Waals surface area (Å²) in [6.45, 7) is 8.84. The molecule has 0 heterocycles. The topological polar surface area (TPSA) is 50.4 Å². The van der Waals surface area contributed by atoms with Crippen LogP contribution in [0.4, 0.5) is 0 Å². The molecule has 0 saturated carbocycles. The molecule has 0 radical (unpaired) electrons. The van der Waals surface area contributed by atoms with Crippen LogP contribution in [0.1, 0.15) is 33.3 Å². The molecule has 0 aliphatic heterocycles. The van der Waals surface area contributed by atoms with E-state index in [1.165, 1.54) is 0 Å². The average Bonchev–Trinajstić information content (AvgIpc) is 2.34. The Morgan fingerprint density at radius 3 is 2.47 bits per heavy atom. The quantitative estimate of drug-likeness (QED) is 0.793. The molecule has 1 aromatic carbocycles. The van der Waals surface area contributed by atoms with Gasteiger partial charge >= 0.3 is 0 Å². The molecule has 0 bridgehead atoms. The summed E-state index contributed by atoms with van der Waals surface area (Å²) in [5, 5.41) is 6.14. The van der Waals surface area contributed by atoms with E-state index in [0.29, 0.717) is 6.04 Å². The van der Waals surface area contributed by atoms with Crippen molar-refractivity contribution in [3.63, 3.8) is 0 Å². The van der Waals surface area contributed by atoms with Crippen LogP contribution in [-0.4, -0.2) is 24.6 Å². The SMILES string of the molecule is CC(C)NCc1ccccc1OCC(=O)NC(C)C. The maximum Gasteiger partial charge on any atom is 0.258 e. The van der Waals surface area contributed by atoms with Crippen molar-refractivity contribution in [3.05, 3.63) is 29.8 Å². The largest absolute Gasteiger partial charge is 0.483 e. The molecule has 1 aromatic rings. The van der Waals surface area contributed by atoms with Crippen LogP contribution >= 0.6 is 0 Å². The maximum absolute atomic E-state index is 11.6. The molecule has 106 valence electrons. The van der Waals surface area contributed by atoms with Crippen molar-refractivity contribution in [3.8, 4) is 5.75 Å². The Bertz CT molecular complexity index is 403.